The Hall–Kier alpha value is -4.49. The lowest BCUT2D eigenvalue weighted by molar-refractivity contribution is 1.44. The van der Waals surface area contributed by atoms with Gasteiger partial charge in [-0.3, -0.25) is 4.98 Å². The van der Waals surface area contributed by atoms with Crippen molar-refractivity contribution in [1.29, 1.82) is 0 Å². The zero-order chi connectivity index (χ0) is 23.4. The fourth-order valence-electron chi connectivity index (χ4n) is 5.63. The number of fused-ring (bicyclic) bond motifs is 5. The molecule has 0 aliphatic heterocycles. The Bertz CT molecular complexity index is 1910. The van der Waals surface area contributed by atoms with Gasteiger partial charge < -0.3 is 0 Å². The van der Waals surface area contributed by atoms with Gasteiger partial charge in [-0.1, -0.05) is 115 Å². The molecular formula is C34H23N. The largest absolute Gasteiger partial charge is 0.256 e. The minimum absolute atomic E-state index is 1.02. The lowest BCUT2D eigenvalue weighted by Gasteiger charge is -2.20. The zero-order valence-corrected chi connectivity index (χ0v) is 19.5. The minimum atomic E-state index is 1.02. The average molecular weight is 446 g/mol. The number of nitrogens with zero attached hydrogens (tertiary/aromatic N) is 1. The maximum atomic E-state index is 4.92. The highest BCUT2D eigenvalue weighted by Gasteiger charge is 2.20. The highest BCUT2D eigenvalue weighted by molar-refractivity contribution is 6.28. The van der Waals surface area contributed by atoms with Crippen LogP contribution < -0.4 is 0 Å². The molecule has 7 rings (SSSR count). The molecule has 0 amide bonds. The van der Waals surface area contributed by atoms with Crippen LogP contribution in [0.2, 0.25) is 0 Å². The average Bonchev–Trinajstić information content (AvgIpc) is 2.91. The van der Waals surface area contributed by atoms with E-state index in [2.05, 4.69) is 128 Å². The third-order valence-corrected chi connectivity index (χ3v) is 7.13. The van der Waals surface area contributed by atoms with Crippen molar-refractivity contribution in [2.45, 2.75) is 6.92 Å². The van der Waals surface area contributed by atoms with E-state index in [1.807, 2.05) is 0 Å². The summed E-state index contributed by atoms with van der Waals surface area (Å²) in [6, 6.07) is 41.5. The highest BCUT2D eigenvalue weighted by Crippen LogP contribution is 2.47. The Morgan fingerprint density at radius 3 is 2.00 bits per heavy atom. The summed E-state index contributed by atoms with van der Waals surface area (Å²) in [6.45, 7) is 2.16. The second-order valence-electron chi connectivity index (χ2n) is 9.26. The summed E-state index contributed by atoms with van der Waals surface area (Å²) in [5, 5.41) is 8.69. The lowest BCUT2D eigenvalue weighted by Crippen LogP contribution is -1.94. The Morgan fingerprint density at radius 2 is 1.17 bits per heavy atom. The molecule has 0 fully saturated rings. The molecule has 0 unspecified atom stereocenters. The van der Waals surface area contributed by atoms with Gasteiger partial charge in [0.15, 0.2) is 0 Å². The van der Waals surface area contributed by atoms with Crippen molar-refractivity contribution < 1.29 is 0 Å². The van der Waals surface area contributed by atoms with Crippen LogP contribution in [0.5, 0.6) is 0 Å². The molecule has 0 N–H and O–H groups in total. The van der Waals surface area contributed by atoms with Crippen LogP contribution in [-0.4, -0.2) is 4.98 Å². The van der Waals surface area contributed by atoms with Crippen LogP contribution in [0.1, 0.15) is 5.56 Å². The first-order valence-corrected chi connectivity index (χ1v) is 12.1. The summed E-state index contributed by atoms with van der Waals surface area (Å²) in [6.07, 6.45) is 2.08. The molecule has 164 valence electrons. The van der Waals surface area contributed by atoms with E-state index in [1.54, 1.807) is 0 Å². The predicted molar refractivity (Wildman–Crippen MR) is 150 cm³/mol. The topological polar surface area (TPSA) is 12.9 Å². The first-order valence-electron chi connectivity index (χ1n) is 12.1. The van der Waals surface area contributed by atoms with Crippen molar-refractivity contribution in [3.8, 4) is 22.3 Å². The van der Waals surface area contributed by atoms with E-state index in [-0.39, 0.29) is 0 Å². The molecule has 1 nitrogen and oxygen atoms in total. The Morgan fingerprint density at radius 1 is 0.514 bits per heavy atom. The van der Waals surface area contributed by atoms with E-state index >= 15 is 0 Å². The number of rotatable bonds is 2. The number of para-hydroxylation sites is 1. The number of aryl methyl sites for hydroxylation is 1. The fourth-order valence-corrected chi connectivity index (χ4v) is 5.63. The Kier molecular flexibility index (Phi) is 4.43. The minimum Gasteiger partial charge on any atom is -0.256 e. The van der Waals surface area contributed by atoms with Crippen LogP contribution >= 0.6 is 0 Å². The molecule has 35 heavy (non-hydrogen) atoms. The van der Waals surface area contributed by atoms with E-state index in [9.17, 15) is 0 Å². The van der Waals surface area contributed by atoms with Crippen molar-refractivity contribution in [2.24, 2.45) is 0 Å². The molecule has 7 aromatic rings. The van der Waals surface area contributed by atoms with E-state index in [0.717, 1.165) is 5.52 Å². The van der Waals surface area contributed by atoms with E-state index in [1.165, 1.54) is 65.5 Å². The molecule has 0 atom stereocenters. The SMILES string of the molecule is Cc1cccc(-c2c3ccccc3c(-c3cccc4ccccc34)c3c2cnc2ccccc23)c1. The van der Waals surface area contributed by atoms with Gasteiger partial charge in [-0.2, -0.15) is 0 Å². The molecule has 6 aromatic carbocycles. The molecule has 1 aromatic heterocycles. The molecule has 1 heteroatoms. The summed E-state index contributed by atoms with van der Waals surface area (Å²) in [5.74, 6) is 0. The maximum Gasteiger partial charge on any atom is 0.0708 e. The van der Waals surface area contributed by atoms with Gasteiger partial charge in [-0.05, 0) is 56.8 Å². The molecule has 1 heterocycles. The van der Waals surface area contributed by atoms with Gasteiger partial charge in [0.05, 0.1) is 5.52 Å². The van der Waals surface area contributed by atoms with Gasteiger partial charge in [0, 0.05) is 22.4 Å². The van der Waals surface area contributed by atoms with Gasteiger partial charge >= 0.3 is 0 Å². The fraction of sp³-hybridized carbons (Fsp3) is 0.0294. The predicted octanol–water partition coefficient (Wildman–Crippen LogP) is 9.34. The van der Waals surface area contributed by atoms with Crippen LogP contribution in [0, 0.1) is 6.92 Å². The van der Waals surface area contributed by atoms with Crippen molar-refractivity contribution >= 4 is 43.2 Å². The highest BCUT2D eigenvalue weighted by atomic mass is 14.6. The van der Waals surface area contributed by atoms with Crippen LogP contribution in [0.4, 0.5) is 0 Å². The van der Waals surface area contributed by atoms with Crippen LogP contribution in [0.15, 0.2) is 121 Å². The first-order chi connectivity index (χ1) is 17.3. The summed E-state index contributed by atoms with van der Waals surface area (Å²) in [5.41, 5.74) is 7.30. The van der Waals surface area contributed by atoms with Crippen LogP contribution in [-0.2, 0) is 0 Å². The second kappa shape index (κ2) is 7.78. The Balaban J connectivity index is 1.78. The van der Waals surface area contributed by atoms with Gasteiger partial charge in [0.2, 0.25) is 0 Å². The molecule has 0 spiro atoms. The van der Waals surface area contributed by atoms with E-state index < -0.39 is 0 Å². The molecule has 0 saturated carbocycles. The van der Waals surface area contributed by atoms with Crippen molar-refractivity contribution in [3.05, 3.63) is 127 Å². The van der Waals surface area contributed by atoms with E-state index in [0.29, 0.717) is 0 Å². The Labute approximate surface area is 204 Å². The normalized spacial score (nSPS) is 11.6. The van der Waals surface area contributed by atoms with Gasteiger partial charge in [-0.15, -0.1) is 0 Å². The monoisotopic (exact) mass is 445 g/mol. The number of aromatic nitrogens is 1. The van der Waals surface area contributed by atoms with Gasteiger partial charge in [-0.25, -0.2) is 0 Å². The summed E-state index contributed by atoms with van der Waals surface area (Å²) in [7, 11) is 0. The quantitative estimate of drug-likeness (QED) is 0.191. The number of pyridine rings is 1. The third-order valence-electron chi connectivity index (χ3n) is 7.13. The standard InChI is InChI=1S/C34H23N/c1-22-10-8-13-24(20-22)32-27-15-4-5-16-28(27)33(26-18-9-12-23-11-2-3-14-25(23)26)34-29-17-6-7-19-31(29)35-21-30(32)34/h2-21H,1H3. The van der Waals surface area contributed by atoms with Crippen molar-refractivity contribution in [1.82, 2.24) is 4.98 Å². The summed E-state index contributed by atoms with van der Waals surface area (Å²) < 4.78 is 0. The molecule has 0 aliphatic carbocycles. The number of benzene rings is 6. The first kappa shape index (κ1) is 19.9. The smallest absolute Gasteiger partial charge is 0.0708 e. The molecule has 0 aliphatic rings. The molecule has 0 radical (unpaired) electrons. The lowest BCUT2D eigenvalue weighted by atomic mass is 9.84. The molecule has 0 saturated heterocycles. The summed E-state index contributed by atoms with van der Waals surface area (Å²) >= 11 is 0. The summed E-state index contributed by atoms with van der Waals surface area (Å²) in [4.78, 5) is 4.92. The van der Waals surface area contributed by atoms with Crippen molar-refractivity contribution in [2.75, 3.05) is 0 Å². The molecular weight excluding hydrogens is 422 g/mol. The molecule has 0 bridgehead atoms. The van der Waals surface area contributed by atoms with Crippen LogP contribution in [0.3, 0.4) is 0 Å². The number of hydrogen-bond donors (Lipinski definition) is 0. The van der Waals surface area contributed by atoms with Gasteiger partial charge in [0.25, 0.3) is 0 Å². The third kappa shape index (κ3) is 3.05. The van der Waals surface area contributed by atoms with Gasteiger partial charge in [0.1, 0.15) is 0 Å². The number of hydrogen-bond acceptors (Lipinski definition) is 1. The second-order valence-corrected chi connectivity index (χ2v) is 9.26. The van der Waals surface area contributed by atoms with Crippen molar-refractivity contribution in [3.63, 3.8) is 0 Å². The van der Waals surface area contributed by atoms with E-state index in [4.69, 9.17) is 4.98 Å². The zero-order valence-electron chi connectivity index (χ0n) is 19.5. The van der Waals surface area contributed by atoms with Crippen LogP contribution in [0.25, 0.3) is 65.5 Å². The maximum absolute atomic E-state index is 4.92.